The number of nitrogens with one attached hydrogen (secondary N) is 1. The van der Waals surface area contributed by atoms with Gasteiger partial charge >= 0.3 is 5.97 Å². The minimum absolute atomic E-state index is 0.133. The number of amides is 1. The van der Waals surface area contributed by atoms with Gasteiger partial charge in [-0.1, -0.05) is 6.07 Å². The Hall–Kier alpha value is -1.66. The molecule has 2 rings (SSSR count). The topological polar surface area (TPSA) is 66.4 Å². The highest BCUT2D eigenvalue weighted by Gasteiger charge is 2.15. The number of carbonyl (C=O) groups is 2. The standard InChI is InChI=1S/C14H15NO3S2/c1-9-8-11(14(17)18)13(20-9)15-12(16)6-2-4-10-5-3-7-19-10/h3,5,7-8H,2,4,6H2,1H3,(H,15,16)(H,17,18). The molecule has 2 aromatic heterocycles. The summed E-state index contributed by atoms with van der Waals surface area (Å²) in [6.07, 6.45) is 2.04. The van der Waals surface area contributed by atoms with E-state index in [9.17, 15) is 9.59 Å². The number of hydrogen-bond acceptors (Lipinski definition) is 4. The Morgan fingerprint density at radius 3 is 2.85 bits per heavy atom. The first kappa shape index (κ1) is 14.7. The van der Waals surface area contributed by atoms with Gasteiger partial charge in [-0.3, -0.25) is 4.79 Å². The lowest BCUT2D eigenvalue weighted by molar-refractivity contribution is -0.116. The van der Waals surface area contributed by atoms with Crippen molar-refractivity contribution in [3.63, 3.8) is 0 Å². The maximum Gasteiger partial charge on any atom is 0.338 e. The zero-order chi connectivity index (χ0) is 14.5. The highest BCUT2D eigenvalue weighted by molar-refractivity contribution is 7.16. The fraction of sp³-hybridized carbons (Fsp3) is 0.286. The van der Waals surface area contributed by atoms with Crippen LogP contribution in [-0.4, -0.2) is 17.0 Å². The minimum atomic E-state index is -1.01. The second-order valence-corrected chi connectivity index (χ2v) is 6.67. The van der Waals surface area contributed by atoms with Crippen molar-refractivity contribution in [2.75, 3.05) is 5.32 Å². The Balaban J connectivity index is 1.86. The first-order valence-electron chi connectivity index (χ1n) is 6.22. The summed E-state index contributed by atoms with van der Waals surface area (Å²) >= 11 is 2.97. The molecule has 0 fully saturated rings. The number of carboxylic acids is 1. The Bertz CT molecular complexity index is 602. The lowest BCUT2D eigenvalue weighted by Gasteiger charge is -2.03. The summed E-state index contributed by atoms with van der Waals surface area (Å²) in [4.78, 5) is 25.0. The van der Waals surface area contributed by atoms with E-state index in [0.29, 0.717) is 11.4 Å². The van der Waals surface area contributed by atoms with Gasteiger partial charge in [-0.25, -0.2) is 4.79 Å². The van der Waals surface area contributed by atoms with E-state index >= 15 is 0 Å². The molecule has 4 nitrogen and oxygen atoms in total. The maximum atomic E-state index is 11.8. The van der Waals surface area contributed by atoms with Crippen LogP contribution in [0.4, 0.5) is 5.00 Å². The number of carbonyl (C=O) groups excluding carboxylic acids is 1. The van der Waals surface area contributed by atoms with Crippen molar-refractivity contribution in [2.24, 2.45) is 0 Å². The molecule has 0 saturated carbocycles. The van der Waals surface area contributed by atoms with Crippen LogP contribution in [0.25, 0.3) is 0 Å². The van der Waals surface area contributed by atoms with E-state index in [4.69, 9.17) is 5.11 Å². The van der Waals surface area contributed by atoms with Gasteiger partial charge in [-0.05, 0) is 37.3 Å². The smallest absolute Gasteiger partial charge is 0.338 e. The molecule has 6 heteroatoms. The minimum Gasteiger partial charge on any atom is -0.478 e. The predicted octanol–water partition coefficient (Wildman–Crippen LogP) is 3.78. The third-order valence-electron chi connectivity index (χ3n) is 2.75. The van der Waals surface area contributed by atoms with Crippen molar-refractivity contribution in [1.82, 2.24) is 0 Å². The lowest BCUT2D eigenvalue weighted by Crippen LogP contribution is -2.12. The molecule has 1 amide bonds. The van der Waals surface area contributed by atoms with Gasteiger partial charge in [0.2, 0.25) is 5.91 Å². The second-order valence-electron chi connectivity index (χ2n) is 4.39. The number of carboxylic acid groups (broad SMARTS) is 1. The van der Waals surface area contributed by atoms with Gasteiger partial charge in [-0.15, -0.1) is 22.7 Å². The van der Waals surface area contributed by atoms with Crippen LogP contribution in [0.2, 0.25) is 0 Å². The molecule has 2 N–H and O–H groups in total. The number of thiophene rings is 2. The maximum absolute atomic E-state index is 11.8. The average molecular weight is 309 g/mol. The molecule has 0 spiro atoms. The third-order valence-corrected chi connectivity index (χ3v) is 4.65. The van der Waals surface area contributed by atoms with Gasteiger partial charge < -0.3 is 10.4 Å². The fourth-order valence-electron chi connectivity index (χ4n) is 1.83. The highest BCUT2D eigenvalue weighted by atomic mass is 32.1. The Morgan fingerprint density at radius 2 is 2.20 bits per heavy atom. The summed E-state index contributed by atoms with van der Waals surface area (Å²) in [7, 11) is 0. The van der Waals surface area contributed by atoms with Gasteiger partial charge in [0.1, 0.15) is 5.00 Å². The van der Waals surface area contributed by atoms with Crippen LogP contribution in [0.3, 0.4) is 0 Å². The quantitative estimate of drug-likeness (QED) is 0.853. The average Bonchev–Trinajstić information content (AvgIpc) is 2.99. The molecule has 2 heterocycles. The first-order chi connectivity index (χ1) is 9.56. The normalized spacial score (nSPS) is 10.4. The van der Waals surface area contributed by atoms with E-state index in [1.165, 1.54) is 16.2 Å². The molecule has 2 aromatic rings. The van der Waals surface area contributed by atoms with Crippen LogP contribution >= 0.6 is 22.7 Å². The highest BCUT2D eigenvalue weighted by Crippen LogP contribution is 2.27. The number of aryl methyl sites for hydroxylation is 2. The molecular weight excluding hydrogens is 294 g/mol. The van der Waals surface area contributed by atoms with Gasteiger partial charge in [0.05, 0.1) is 5.56 Å². The van der Waals surface area contributed by atoms with Crippen molar-refractivity contribution in [3.05, 3.63) is 38.9 Å². The molecule has 0 aromatic carbocycles. The van der Waals surface area contributed by atoms with Crippen LogP contribution in [0.1, 0.15) is 33.0 Å². The number of anilines is 1. The van der Waals surface area contributed by atoms with E-state index in [1.54, 1.807) is 17.4 Å². The molecular formula is C14H15NO3S2. The molecule has 0 atom stereocenters. The monoisotopic (exact) mass is 309 g/mol. The first-order valence-corrected chi connectivity index (χ1v) is 7.92. The molecule has 0 radical (unpaired) electrons. The van der Waals surface area contributed by atoms with Crippen molar-refractivity contribution in [3.8, 4) is 0 Å². The van der Waals surface area contributed by atoms with Gasteiger partial charge in [0.15, 0.2) is 0 Å². The van der Waals surface area contributed by atoms with Gasteiger partial charge in [0, 0.05) is 16.2 Å². The van der Waals surface area contributed by atoms with E-state index in [2.05, 4.69) is 5.32 Å². The molecule has 20 heavy (non-hydrogen) atoms. The Morgan fingerprint density at radius 1 is 1.40 bits per heavy atom. The van der Waals surface area contributed by atoms with E-state index in [0.717, 1.165) is 17.7 Å². The van der Waals surface area contributed by atoms with Crippen LogP contribution < -0.4 is 5.32 Å². The summed E-state index contributed by atoms with van der Waals surface area (Å²) in [6.45, 7) is 1.82. The van der Waals surface area contributed by atoms with Crippen molar-refractivity contribution in [2.45, 2.75) is 26.2 Å². The predicted molar refractivity (Wildman–Crippen MR) is 81.9 cm³/mol. The molecule has 0 aliphatic carbocycles. The number of rotatable bonds is 6. The van der Waals surface area contributed by atoms with Crippen LogP contribution in [0.15, 0.2) is 23.6 Å². The summed E-state index contributed by atoms with van der Waals surface area (Å²) in [5.74, 6) is -1.14. The molecule has 106 valence electrons. The van der Waals surface area contributed by atoms with E-state index < -0.39 is 5.97 Å². The molecule has 0 aliphatic heterocycles. The fourth-order valence-corrected chi connectivity index (χ4v) is 3.50. The summed E-state index contributed by atoms with van der Waals surface area (Å²) in [6, 6.07) is 5.62. The van der Waals surface area contributed by atoms with Crippen molar-refractivity contribution < 1.29 is 14.7 Å². The van der Waals surface area contributed by atoms with E-state index in [-0.39, 0.29) is 11.5 Å². The summed E-state index contributed by atoms with van der Waals surface area (Å²) in [5, 5.41) is 14.2. The lowest BCUT2D eigenvalue weighted by atomic mass is 10.2. The van der Waals surface area contributed by atoms with Crippen LogP contribution in [-0.2, 0) is 11.2 Å². The second kappa shape index (κ2) is 6.67. The summed E-state index contributed by atoms with van der Waals surface area (Å²) < 4.78 is 0. The SMILES string of the molecule is Cc1cc(C(=O)O)c(NC(=O)CCCc2cccs2)s1. The van der Waals surface area contributed by atoms with Gasteiger partial charge in [-0.2, -0.15) is 0 Å². The molecule has 0 saturated heterocycles. The number of aromatic carboxylic acids is 1. The number of hydrogen-bond donors (Lipinski definition) is 2. The van der Waals surface area contributed by atoms with Crippen LogP contribution in [0, 0.1) is 6.92 Å². The van der Waals surface area contributed by atoms with Crippen LogP contribution in [0.5, 0.6) is 0 Å². The third kappa shape index (κ3) is 3.91. The Labute approximate surface area is 125 Å². The molecule has 0 bridgehead atoms. The molecule has 0 unspecified atom stereocenters. The zero-order valence-electron chi connectivity index (χ0n) is 11.0. The Kier molecular flexibility index (Phi) is 4.92. The van der Waals surface area contributed by atoms with Gasteiger partial charge in [0.25, 0.3) is 0 Å². The van der Waals surface area contributed by atoms with Crippen molar-refractivity contribution in [1.29, 1.82) is 0 Å². The largest absolute Gasteiger partial charge is 0.478 e. The van der Waals surface area contributed by atoms with Crippen molar-refractivity contribution >= 4 is 39.6 Å². The molecule has 0 aliphatic rings. The van der Waals surface area contributed by atoms with E-state index in [1.807, 2.05) is 24.4 Å². The summed E-state index contributed by atoms with van der Waals surface area (Å²) in [5.41, 5.74) is 0.166. The zero-order valence-corrected chi connectivity index (χ0v) is 12.6.